The number of fused-ring (bicyclic) bond motifs is 1. The molecule has 0 bridgehead atoms. The van der Waals surface area contributed by atoms with Crippen molar-refractivity contribution in [1.82, 2.24) is 0 Å². The smallest absolute Gasteiger partial charge is 0.316 e. The number of rotatable bonds is 3. The van der Waals surface area contributed by atoms with Gasteiger partial charge < -0.3 is 20.1 Å². The van der Waals surface area contributed by atoms with Crippen LogP contribution in [-0.2, 0) is 14.3 Å². The second-order valence-electron chi connectivity index (χ2n) is 7.58. The Morgan fingerprint density at radius 1 is 1.13 bits per heavy atom. The number of halogens is 1. The fourth-order valence-electron chi connectivity index (χ4n) is 4.25. The highest BCUT2D eigenvalue weighted by molar-refractivity contribution is 9.10. The lowest BCUT2D eigenvalue weighted by molar-refractivity contribution is -0.151. The second kappa shape index (κ2) is 8.14. The van der Waals surface area contributed by atoms with Crippen LogP contribution in [0.4, 0.5) is 11.4 Å². The molecule has 2 aromatic carbocycles. The number of anilines is 2. The lowest BCUT2D eigenvalue weighted by Crippen LogP contribution is -2.39. The van der Waals surface area contributed by atoms with Crippen molar-refractivity contribution in [3.05, 3.63) is 63.8 Å². The Kier molecular flexibility index (Phi) is 5.56. The maximum atomic E-state index is 13.6. The summed E-state index contributed by atoms with van der Waals surface area (Å²) in [5, 5.41) is 6.95. The number of nitrogens with one attached hydrogen (secondary N) is 2. The molecule has 156 valence electrons. The van der Waals surface area contributed by atoms with Crippen LogP contribution in [0.15, 0.2) is 58.2 Å². The van der Waals surface area contributed by atoms with Crippen molar-refractivity contribution < 1.29 is 19.1 Å². The first-order chi connectivity index (χ1) is 14.4. The number of allylic oxidation sites excluding steroid dienone is 1. The molecule has 3 atom stereocenters. The maximum absolute atomic E-state index is 13.6. The van der Waals surface area contributed by atoms with Crippen LogP contribution < -0.4 is 15.4 Å². The van der Waals surface area contributed by atoms with E-state index >= 15 is 0 Å². The summed E-state index contributed by atoms with van der Waals surface area (Å²) in [6, 6.07) is 13.1. The molecule has 2 aliphatic rings. The van der Waals surface area contributed by atoms with E-state index in [1.807, 2.05) is 49.4 Å². The highest BCUT2D eigenvalue weighted by atomic mass is 79.9. The molecule has 1 aliphatic heterocycles. The molecule has 6 nitrogen and oxygen atoms in total. The first-order valence-electron chi connectivity index (χ1n) is 9.75. The minimum Gasteiger partial charge on any atom is -0.496 e. The van der Waals surface area contributed by atoms with Gasteiger partial charge >= 0.3 is 5.97 Å². The summed E-state index contributed by atoms with van der Waals surface area (Å²) in [4.78, 5) is 26.0. The fraction of sp³-hybridized carbons (Fsp3) is 0.304. The summed E-state index contributed by atoms with van der Waals surface area (Å²) in [5.41, 5.74) is 4.08. The molecule has 0 amide bonds. The third-order valence-corrected chi connectivity index (χ3v) is 6.35. The summed E-state index contributed by atoms with van der Waals surface area (Å²) >= 11 is 3.54. The van der Waals surface area contributed by atoms with Crippen LogP contribution in [0.25, 0.3) is 0 Å². The van der Waals surface area contributed by atoms with Gasteiger partial charge in [-0.2, -0.15) is 0 Å². The molecule has 2 aromatic rings. The van der Waals surface area contributed by atoms with Gasteiger partial charge in [0.15, 0.2) is 5.78 Å². The molecular weight excluding hydrogens is 448 g/mol. The minimum absolute atomic E-state index is 0.162. The van der Waals surface area contributed by atoms with Crippen LogP contribution in [-0.4, -0.2) is 26.0 Å². The summed E-state index contributed by atoms with van der Waals surface area (Å²) in [6.45, 7) is 1.91. The molecule has 7 heteroatoms. The standard InChI is InChI=1S/C23H23BrN2O4/c1-12-10-17-20(22(27)19(12)23(28)30-3)21(13-8-9-18(29-2)14(24)11-13)26-16-7-5-4-6-15(16)25-17/h4-9,11-12,19,21,25-26H,10H2,1-3H3/t12-,19-,21+/m0/s1. The zero-order valence-electron chi connectivity index (χ0n) is 17.0. The number of ketones is 1. The van der Waals surface area contributed by atoms with Crippen LogP contribution >= 0.6 is 15.9 Å². The first-order valence-corrected chi connectivity index (χ1v) is 10.5. The van der Waals surface area contributed by atoms with Crippen molar-refractivity contribution >= 4 is 39.1 Å². The van der Waals surface area contributed by atoms with E-state index in [0.717, 1.165) is 27.1 Å². The highest BCUT2D eigenvalue weighted by Crippen LogP contribution is 2.44. The van der Waals surface area contributed by atoms with Crippen LogP contribution in [0.2, 0.25) is 0 Å². The van der Waals surface area contributed by atoms with E-state index in [1.165, 1.54) is 7.11 Å². The number of Topliss-reactive ketones (excluding diaryl/α,β-unsaturated/α-hetero) is 1. The second-order valence-corrected chi connectivity index (χ2v) is 8.43. The van der Waals surface area contributed by atoms with Crippen LogP contribution in [0, 0.1) is 11.8 Å². The number of benzene rings is 2. The van der Waals surface area contributed by atoms with Gasteiger partial charge in [-0.1, -0.05) is 25.1 Å². The van der Waals surface area contributed by atoms with Crippen LogP contribution in [0.1, 0.15) is 24.9 Å². The number of carbonyl (C=O) groups excluding carboxylic acids is 2. The van der Waals surface area contributed by atoms with Gasteiger partial charge in [0.05, 0.1) is 36.1 Å². The van der Waals surface area contributed by atoms with Gasteiger partial charge in [0.25, 0.3) is 0 Å². The Morgan fingerprint density at radius 3 is 2.53 bits per heavy atom. The largest absolute Gasteiger partial charge is 0.496 e. The fourth-order valence-corrected chi connectivity index (χ4v) is 4.80. The molecule has 1 heterocycles. The van der Waals surface area contributed by atoms with Gasteiger partial charge in [-0.05, 0) is 58.1 Å². The maximum Gasteiger partial charge on any atom is 0.316 e. The summed E-state index contributed by atoms with van der Waals surface area (Å²) in [5.74, 6) is -0.973. The van der Waals surface area contributed by atoms with E-state index in [2.05, 4.69) is 26.6 Å². The van der Waals surface area contributed by atoms with E-state index in [4.69, 9.17) is 9.47 Å². The van der Waals surface area contributed by atoms with E-state index in [-0.39, 0.29) is 11.7 Å². The van der Waals surface area contributed by atoms with Gasteiger partial charge in [0, 0.05) is 11.3 Å². The summed E-state index contributed by atoms with van der Waals surface area (Å²) in [6.07, 6.45) is 0.574. The highest BCUT2D eigenvalue weighted by Gasteiger charge is 2.44. The normalized spacial score (nSPS) is 22.8. The monoisotopic (exact) mass is 470 g/mol. The van der Waals surface area contributed by atoms with Crippen molar-refractivity contribution in [2.45, 2.75) is 19.4 Å². The number of carbonyl (C=O) groups is 2. The van der Waals surface area contributed by atoms with Crippen molar-refractivity contribution in [2.75, 3.05) is 24.9 Å². The molecule has 0 saturated heterocycles. The van der Waals surface area contributed by atoms with Crippen molar-refractivity contribution in [3.8, 4) is 5.75 Å². The van der Waals surface area contributed by atoms with Gasteiger partial charge in [0.2, 0.25) is 0 Å². The quantitative estimate of drug-likeness (QED) is 0.500. The predicted molar refractivity (Wildman–Crippen MR) is 118 cm³/mol. The minimum atomic E-state index is -0.817. The van der Waals surface area contributed by atoms with E-state index in [9.17, 15) is 9.59 Å². The molecule has 2 N–H and O–H groups in total. The number of methoxy groups -OCH3 is 2. The van der Waals surface area contributed by atoms with Crippen LogP contribution in [0.3, 0.4) is 0 Å². The van der Waals surface area contributed by atoms with E-state index in [1.54, 1.807) is 7.11 Å². The molecule has 4 rings (SSSR count). The zero-order chi connectivity index (χ0) is 21.4. The summed E-state index contributed by atoms with van der Waals surface area (Å²) in [7, 11) is 2.93. The number of hydrogen-bond acceptors (Lipinski definition) is 6. The van der Waals surface area contributed by atoms with Crippen molar-refractivity contribution in [1.29, 1.82) is 0 Å². The molecule has 1 aliphatic carbocycles. The summed E-state index contributed by atoms with van der Waals surface area (Å²) < 4.78 is 11.1. The third kappa shape index (κ3) is 3.47. The predicted octanol–water partition coefficient (Wildman–Crippen LogP) is 4.69. The van der Waals surface area contributed by atoms with E-state index < -0.39 is 17.9 Å². The average Bonchev–Trinajstić information content (AvgIpc) is 2.90. The first kappa shape index (κ1) is 20.5. The number of esters is 1. The Bertz CT molecular complexity index is 1050. The molecule has 0 unspecified atom stereocenters. The van der Waals surface area contributed by atoms with Gasteiger partial charge in [-0.3, -0.25) is 9.59 Å². The van der Waals surface area contributed by atoms with Crippen molar-refractivity contribution in [2.24, 2.45) is 11.8 Å². The number of para-hydroxylation sites is 2. The van der Waals surface area contributed by atoms with E-state index in [0.29, 0.717) is 17.7 Å². The Morgan fingerprint density at radius 2 is 1.87 bits per heavy atom. The molecule has 0 fully saturated rings. The molecule has 0 spiro atoms. The van der Waals surface area contributed by atoms with Gasteiger partial charge in [-0.15, -0.1) is 0 Å². The molecule has 30 heavy (non-hydrogen) atoms. The molecular formula is C23H23BrN2O4. The lowest BCUT2D eigenvalue weighted by Gasteiger charge is -2.32. The SMILES string of the molecule is COC(=O)[C@@H]1C(=O)C2=C(C[C@@H]1C)Nc1ccccc1N[C@@H]2c1ccc(OC)c(Br)c1. The van der Waals surface area contributed by atoms with Crippen molar-refractivity contribution in [3.63, 3.8) is 0 Å². The topological polar surface area (TPSA) is 76.7 Å². The molecule has 0 aromatic heterocycles. The number of hydrogen-bond donors (Lipinski definition) is 2. The Labute approximate surface area is 183 Å². The lowest BCUT2D eigenvalue weighted by atomic mass is 9.75. The average molecular weight is 471 g/mol. The Balaban J connectivity index is 1.87. The van der Waals surface area contributed by atoms with Crippen LogP contribution in [0.5, 0.6) is 5.75 Å². The van der Waals surface area contributed by atoms with Gasteiger partial charge in [-0.25, -0.2) is 0 Å². The molecule has 0 saturated carbocycles. The molecule has 0 radical (unpaired) electrons. The zero-order valence-corrected chi connectivity index (χ0v) is 18.6. The third-order valence-electron chi connectivity index (χ3n) is 5.73. The Hall–Kier alpha value is -2.80. The number of ether oxygens (including phenoxy) is 2. The van der Waals surface area contributed by atoms with Gasteiger partial charge in [0.1, 0.15) is 11.7 Å².